The van der Waals surface area contributed by atoms with Crippen molar-refractivity contribution in [3.63, 3.8) is 0 Å². The molecular weight excluding hydrogens is 246 g/mol. The van der Waals surface area contributed by atoms with Crippen LogP contribution < -0.4 is 15.2 Å². The Morgan fingerprint density at radius 1 is 1.26 bits per heavy atom. The SMILES string of the molecule is CC(C)c1ccccc1OCC(=O)N[C@H](C)C(=O)[O-]. The molecule has 1 rings (SSSR count). The number of aliphatic carboxylic acids is 1. The van der Waals surface area contributed by atoms with Gasteiger partial charge in [-0.2, -0.15) is 0 Å². The van der Waals surface area contributed by atoms with E-state index >= 15 is 0 Å². The van der Waals surface area contributed by atoms with Crippen molar-refractivity contribution in [3.05, 3.63) is 29.8 Å². The summed E-state index contributed by atoms with van der Waals surface area (Å²) in [6, 6.07) is 6.41. The fourth-order valence-electron chi connectivity index (χ4n) is 1.57. The molecule has 0 fully saturated rings. The second kappa shape index (κ2) is 6.78. The molecule has 5 nitrogen and oxygen atoms in total. The molecule has 0 aliphatic heterocycles. The lowest BCUT2D eigenvalue weighted by molar-refractivity contribution is -0.307. The molecule has 1 atom stereocenters. The molecular formula is C14H18NO4-. The Balaban J connectivity index is 2.58. The fraction of sp³-hybridized carbons (Fsp3) is 0.429. The molecule has 1 amide bonds. The molecule has 1 aromatic carbocycles. The van der Waals surface area contributed by atoms with E-state index in [0.29, 0.717) is 5.75 Å². The number of hydrogen-bond acceptors (Lipinski definition) is 4. The summed E-state index contributed by atoms with van der Waals surface area (Å²) >= 11 is 0. The molecule has 0 aliphatic rings. The van der Waals surface area contributed by atoms with Crippen molar-refractivity contribution in [1.29, 1.82) is 0 Å². The van der Waals surface area contributed by atoms with Crippen LogP contribution in [-0.4, -0.2) is 24.5 Å². The van der Waals surface area contributed by atoms with Gasteiger partial charge in [0.2, 0.25) is 0 Å². The number of carboxylic acid groups (broad SMARTS) is 1. The van der Waals surface area contributed by atoms with E-state index < -0.39 is 17.9 Å². The van der Waals surface area contributed by atoms with Crippen molar-refractivity contribution < 1.29 is 19.4 Å². The minimum Gasteiger partial charge on any atom is -0.548 e. The summed E-state index contributed by atoms with van der Waals surface area (Å²) in [5.41, 5.74) is 1.00. The van der Waals surface area contributed by atoms with E-state index in [2.05, 4.69) is 5.32 Å². The van der Waals surface area contributed by atoms with Gasteiger partial charge in [-0.05, 0) is 24.5 Å². The van der Waals surface area contributed by atoms with Gasteiger partial charge in [0, 0.05) is 0 Å². The molecule has 0 heterocycles. The zero-order valence-corrected chi connectivity index (χ0v) is 11.3. The Kier molecular flexibility index (Phi) is 5.36. The van der Waals surface area contributed by atoms with Gasteiger partial charge in [-0.1, -0.05) is 32.0 Å². The fourth-order valence-corrected chi connectivity index (χ4v) is 1.57. The Labute approximate surface area is 112 Å². The van der Waals surface area contributed by atoms with Gasteiger partial charge in [-0.3, -0.25) is 4.79 Å². The van der Waals surface area contributed by atoms with E-state index in [1.807, 2.05) is 32.0 Å². The maximum Gasteiger partial charge on any atom is 0.258 e. The summed E-state index contributed by atoms with van der Waals surface area (Å²) in [7, 11) is 0. The van der Waals surface area contributed by atoms with E-state index in [4.69, 9.17) is 4.74 Å². The smallest absolute Gasteiger partial charge is 0.258 e. The van der Waals surface area contributed by atoms with Crippen molar-refractivity contribution in [3.8, 4) is 5.75 Å². The number of hydrogen-bond donors (Lipinski definition) is 1. The van der Waals surface area contributed by atoms with Gasteiger partial charge >= 0.3 is 0 Å². The molecule has 0 aromatic heterocycles. The number of benzene rings is 1. The summed E-state index contributed by atoms with van der Waals surface area (Å²) < 4.78 is 5.42. The average molecular weight is 264 g/mol. The third-order valence-corrected chi connectivity index (χ3v) is 2.63. The largest absolute Gasteiger partial charge is 0.548 e. The maximum atomic E-state index is 11.5. The molecule has 0 aliphatic carbocycles. The van der Waals surface area contributed by atoms with Crippen LogP contribution in [0, 0.1) is 0 Å². The van der Waals surface area contributed by atoms with Gasteiger partial charge in [0.05, 0.1) is 12.0 Å². The number of ether oxygens (including phenoxy) is 1. The molecule has 0 radical (unpaired) electrons. The van der Waals surface area contributed by atoms with Crippen molar-refractivity contribution >= 4 is 11.9 Å². The van der Waals surface area contributed by atoms with E-state index in [0.717, 1.165) is 5.56 Å². The van der Waals surface area contributed by atoms with Crippen molar-refractivity contribution in [2.45, 2.75) is 32.7 Å². The Morgan fingerprint density at radius 3 is 2.47 bits per heavy atom. The molecule has 0 saturated carbocycles. The number of nitrogens with one attached hydrogen (secondary N) is 1. The van der Waals surface area contributed by atoms with Gasteiger partial charge in [0.1, 0.15) is 5.75 Å². The third-order valence-electron chi connectivity index (χ3n) is 2.63. The Morgan fingerprint density at radius 2 is 1.89 bits per heavy atom. The van der Waals surface area contributed by atoms with Crippen LogP contribution in [0.4, 0.5) is 0 Å². The van der Waals surface area contributed by atoms with Crippen LogP contribution in [0.5, 0.6) is 5.75 Å². The van der Waals surface area contributed by atoms with E-state index in [1.165, 1.54) is 6.92 Å². The van der Waals surface area contributed by atoms with Crippen LogP contribution in [-0.2, 0) is 9.59 Å². The highest BCUT2D eigenvalue weighted by Gasteiger charge is 2.11. The van der Waals surface area contributed by atoms with Gasteiger partial charge in [0.25, 0.3) is 5.91 Å². The van der Waals surface area contributed by atoms with Gasteiger partial charge in [-0.15, -0.1) is 0 Å². The highest BCUT2D eigenvalue weighted by Crippen LogP contribution is 2.25. The molecule has 0 unspecified atom stereocenters. The van der Waals surface area contributed by atoms with Gasteiger partial charge in [-0.25, -0.2) is 0 Å². The second-order valence-electron chi connectivity index (χ2n) is 4.59. The Bertz CT molecular complexity index is 457. The number of para-hydroxylation sites is 1. The van der Waals surface area contributed by atoms with Crippen LogP contribution in [0.3, 0.4) is 0 Å². The number of rotatable bonds is 6. The molecule has 104 valence electrons. The normalized spacial score (nSPS) is 12.0. The molecule has 1 N–H and O–H groups in total. The van der Waals surface area contributed by atoms with E-state index in [9.17, 15) is 14.7 Å². The van der Waals surface area contributed by atoms with Crippen molar-refractivity contribution in [1.82, 2.24) is 5.32 Å². The first-order valence-corrected chi connectivity index (χ1v) is 6.13. The lowest BCUT2D eigenvalue weighted by Gasteiger charge is -2.16. The first-order valence-electron chi connectivity index (χ1n) is 6.13. The van der Waals surface area contributed by atoms with E-state index in [-0.39, 0.29) is 12.5 Å². The van der Waals surface area contributed by atoms with Crippen LogP contribution >= 0.6 is 0 Å². The zero-order chi connectivity index (χ0) is 14.4. The van der Waals surface area contributed by atoms with Gasteiger partial charge < -0.3 is 20.0 Å². The number of carboxylic acids is 1. The predicted molar refractivity (Wildman–Crippen MR) is 68.6 cm³/mol. The van der Waals surface area contributed by atoms with Crippen LogP contribution in [0.1, 0.15) is 32.3 Å². The van der Waals surface area contributed by atoms with Crippen molar-refractivity contribution in [2.75, 3.05) is 6.61 Å². The highest BCUT2D eigenvalue weighted by molar-refractivity contribution is 5.83. The predicted octanol–water partition coefficient (Wildman–Crippen LogP) is 0.443. The topological polar surface area (TPSA) is 78.5 Å². The summed E-state index contributed by atoms with van der Waals surface area (Å²) in [6.07, 6.45) is 0. The molecule has 0 saturated heterocycles. The van der Waals surface area contributed by atoms with Crippen molar-refractivity contribution in [2.24, 2.45) is 0 Å². The molecule has 0 bridgehead atoms. The minimum atomic E-state index is -1.32. The summed E-state index contributed by atoms with van der Waals surface area (Å²) in [5.74, 6) is -0.902. The standard InChI is InChI=1S/C14H19NO4/c1-9(2)11-6-4-5-7-12(11)19-8-13(16)15-10(3)14(17)18/h4-7,9-10H,8H2,1-3H3,(H,15,16)(H,17,18)/p-1/t10-/m1/s1. The quantitative estimate of drug-likeness (QED) is 0.808. The third kappa shape index (κ3) is 4.62. The minimum absolute atomic E-state index is 0.221. The lowest BCUT2D eigenvalue weighted by Crippen LogP contribution is -2.47. The van der Waals surface area contributed by atoms with E-state index in [1.54, 1.807) is 6.07 Å². The number of carbonyl (C=O) groups excluding carboxylic acids is 2. The maximum absolute atomic E-state index is 11.5. The van der Waals surface area contributed by atoms with Crippen LogP contribution in [0.25, 0.3) is 0 Å². The second-order valence-corrected chi connectivity index (χ2v) is 4.59. The highest BCUT2D eigenvalue weighted by atomic mass is 16.5. The lowest BCUT2D eigenvalue weighted by atomic mass is 10.0. The number of carbonyl (C=O) groups is 2. The molecule has 0 spiro atoms. The average Bonchev–Trinajstić information content (AvgIpc) is 2.36. The molecule has 1 aromatic rings. The molecule has 19 heavy (non-hydrogen) atoms. The summed E-state index contributed by atoms with van der Waals surface area (Å²) in [6.45, 7) is 5.18. The summed E-state index contributed by atoms with van der Waals surface area (Å²) in [4.78, 5) is 22.0. The zero-order valence-electron chi connectivity index (χ0n) is 11.3. The Hall–Kier alpha value is -2.04. The first kappa shape index (κ1) is 15.0. The molecule has 5 heteroatoms. The number of amides is 1. The first-order chi connectivity index (χ1) is 8.91. The van der Waals surface area contributed by atoms with Crippen LogP contribution in [0.2, 0.25) is 0 Å². The summed E-state index contributed by atoms with van der Waals surface area (Å²) in [5, 5.41) is 12.8. The van der Waals surface area contributed by atoms with Crippen LogP contribution in [0.15, 0.2) is 24.3 Å². The monoisotopic (exact) mass is 264 g/mol. The van der Waals surface area contributed by atoms with Gasteiger partial charge in [0.15, 0.2) is 6.61 Å².